The minimum atomic E-state index is 0.925. The van der Waals surface area contributed by atoms with Gasteiger partial charge in [0.15, 0.2) is 0 Å². The molecule has 0 unspecified atom stereocenters. The van der Waals surface area contributed by atoms with E-state index >= 15 is 0 Å². The SMILES string of the molecule is C=C(CNCC)CSc1cc(C)ccc1C. The standard InChI is InChI=1S/C14H21NS/c1-5-15-9-12(3)10-16-14-8-11(2)6-7-13(14)4/h6-8,15H,3,5,9-10H2,1-2,4H3. The topological polar surface area (TPSA) is 12.0 Å². The minimum Gasteiger partial charge on any atom is -0.313 e. The van der Waals surface area contributed by atoms with Gasteiger partial charge >= 0.3 is 0 Å². The normalized spacial score (nSPS) is 10.4. The van der Waals surface area contributed by atoms with Gasteiger partial charge in [-0.15, -0.1) is 11.8 Å². The first kappa shape index (κ1) is 13.3. The van der Waals surface area contributed by atoms with Crippen molar-refractivity contribution in [3.8, 4) is 0 Å². The first-order valence-electron chi connectivity index (χ1n) is 5.71. The van der Waals surface area contributed by atoms with Crippen LogP contribution in [0.25, 0.3) is 0 Å². The highest BCUT2D eigenvalue weighted by molar-refractivity contribution is 7.99. The van der Waals surface area contributed by atoms with Gasteiger partial charge in [-0.3, -0.25) is 0 Å². The second-order valence-corrected chi connectivity index (χ2v) is 5.11. The molecule has 0 fully saturated rings. The molecule has 0 atom stereocenters. The van der Waals surface area contributed by atoms with Gasteiger partial charge in [0.25, 0.3) is 0 Å². The molecule has 0 spiro atoms. The van der Waals surface area contributed by atoms with Crippen molar-refractivity contribution in [1.82, 2.24) is 5.32 Å². The lowest BCUT2D eigenvalue weighted by atomic mass is 10.2. The largest absolute Gasteiger partial charge is 0.313 e. The fourth-order valence-corrected chi connectivity index (χ4v) is 2.42. The molecule has 2 heteroatoms. The molecule has 88 valence electrons. The summed E-state index contributed by atoms with van der Waals surface area (Å²) in [5.41, 5.74) is 3.94. The van der Waals surface area contributed by atoms with E-state index in [2.05, 4.69) is 50.9 Å². The van der Waals surface area contributed by atoms with E-state index in [0.717, 1.165) is 18.8 Å². The zero-order valence-corrected chi connectivity index (χ0v) is 11.3. The van der Waals surface area contributed by atoms with E-state index in [0.29, 0.717) is 0 Å². The van der Waals surface area contributed by atoms with Crippen LogP contribution in [0.15, 0.2) is 35.2 Å². The summed E-state index contributed by atoms with van der Waals surface area (Å²) < 4.78 is 0. The smallest absolute Gasteiger partial charge is 0.0200 e. The summed E-state index contributed by atoms with van der Waals surface area (Å²) in [6.07, 6.45) is 0. The van der Waals surface area contributed by atoms with Crippen LogP contribution in [-0.2, 0) is 0 Å². The highest BCUT2D eigenvalue weighted by Crippen LogP contribution is 2.24. The Morgan fingerprint density at radius 3 is 2.81 bits per heavy atom. The predicted molar refractivity (Wildman–Crippen MR) is 74.3 cm³/mol. The number of nitrogens with one attached hydrogen (secondary N) is 1. The third-order valence-corrected chi connectivity index (χ3v) is 3.70. The van der Waals surface area contributed by atoms with Gasteiger partial charge in [0.05, 0.1) is 0 Å². The molecule has 0 saturated heterocycles. The van der Waals surface area contributed by atoms with Crippen LogP contribution in [0.1, 0.15) is 18.1 Å². The van der Waals surface area contributed by atoms with Gasteiger partial charge in [-0.2, -0.15) is 0 Å². The molecular formula is C14H21NS. The van der Waals surface area contributed by atoms with Gasteiger partial charge < -0.3 is 5.32 Å². The van der Waals surface area contributed by atoms with E-state index in [4.69, 9.17) is 0 Å². The molecule has 0 aliphatic carbocycles. The fraction of sp³-hybridized carbons (Fsp3) is 0.429. The maximum Gasteiger partial charge on any atom is 0.0200 e. The molecule has 1 rings (SSSR count). The highest BCUT2D eigenvalue weighted by Gasteiger charge is 2.01. The van der Waals surface area contributed by atoms with Gasteiger partial charge in [-0.25, -0.2) is 0 Å². The fourth-order valence-electron chi connectivity index (χ4n) is 1.40. The van der Waals surface area contributed by atoms with E-state index < -0.39 is 0 Å². The van der Waals surface area contributed by atoms with Crippen molar-refractivity contribution >= 4 is 11.8 Å². The van der Waals surface area contributed by atoms with Gasteiger partial charge in [0, 0.05) is 17.2 Å². The lowest BCUT2D eigenvalue weighted by molar-refractivity contribution is 0.779. The molecule has 1 aromatic carbocycles. The van der Waals surface area contributed by atoms with Crippen molar-refractivity contribution in [2.45, 2.75) is 25.7 Å². The average Bonchev–Trinajstić information content (AvgIpc) is 2.27. The third kappa shape index (κ3) is 4.42. The van der Waals surface area contributed by atoms with Gasteiger partial charge in [-0.05, 0) is 32.0 Å². The zero-order chi connectivity index (χ0) is 12.0. The molecule has 1 nitrogen and oxygen atoms in total. The van der Waals surface area contributed by atoms with Crippen LogP contribution in [0, 0.1) is 13.8 Å². The molecule has 0 aromatic heterocycles. The van der Waals surface area contributed by atoms with Crippen molar-refractivity contribution in [3.05, 3.63) is 41.5 Å². The van der Waals surface area contributed by atoms with Gasteiger partial charge in [0.1, 0.15) is 0 Å². The van der Waals surface area contributed by atoms with Crippen LogP contribution in [0.2, 0.25) is 0 Å². The van der Waals surface area contributed by atoms with E-state index in [1.807, 2.05) is 11.8 Å². The highest BCUT2D eigenvalue weighted by atomic mass is 32.2. The molecule has 0 bridgehead atoms. The van der Waals surface area contributed by atoms with E-state index in [1.54, 1.807) is 0 Å². The molecule has 0 saturated carbocycles. The Labute approximate surface area is 103 Å². The molecule has 1 N–H and O–H groups in total. The summed E-state index contributed by atoms with van der Waals surface area (Å²) in [5.74, 6) is 0.997. The van der Waals surface area contributed by atoms with Crippen LogP contribution in [0.4, 0.5) is 0 Å². The van der Waals surface area contributed by atoms with Gasteiger partial charge in [-0.1, -0.05) is 36.8 Å². The Kier molecular flexibility index (Phi) is 5.64. The summed E-state index contributed by atoms with van der Waals surface area (Å²) in [4.78, 5) is 1.37. The summed E-state index contributed by atoms with van der Waals surface area (Å²) in [7, 11) is 0. The zero-order valence-electron chi connectivity index (χ0n) is 10.5. The number of hydrogen-bond acceptors (Lipinski definition) is 2. The van der Waals surface area contributed by atoms with Gasteiger partial charge in [0.2, 0.25) is 0 Å². The number of hydrogen-bond donors (Lipinski definition) is 1. The van der Waals surface area contributed by atoms with Crippen molar-refractivity contribution in [3.63, 3.8) is 0 Å². The second kappa shape index (κ2) is 6.77. The molecular weight excluding hydrogens is 214 g/mol. The number of benzene rings is 1. The quantitative estimate of drug-likeness (QED) is 0.597. The van der Waals surface area contributed by atoms with Crippen LogP contribution < -0.4 is 5.32 Å². The number of likely N-dealkylation sites (N-methyl/N-ethyl adjacent to an activating group) is 1. The lowest BCUT2D eigenvalue weighted by Crippen LogP contribution is -2.16. The van der Waals surface area contributed by atoms with Crippen molar-refractivity contribution < 1.29 is 0 Å². The molecule has 16 heavy (non-hydrogen) atoms. The summed E-state index contributed by atoms with van der Waals surface area (Å²) >= 11 is 1.88. The maximum atomic E-state index is 4.08. The maximum absolute atomic E-state index is 4.08. The van der Waals surface area contributed by atoms with E-state index in [-0.39, 0.29) is 0 Å². The molecule has 0 aliphatic rings. The first-order chi connectivity index (χ1) is 7.63. The molecule has 0 radical (unpaired) electrons. The third-order valence-electron chi connectivity index (χ3n) is 2.40. The summed E-state index contributed by atoms with van der Waals surface area (Å²) in [6, 6.07) is 6.60. The number of rotatable bonds is 6. The minimum absolute atomic E-state index is 0.925. The van der Waals surface area contributed by atoms with Crippen LogP contribution in [0.3, 0.4) is 0 Å². The Bertz CT molecular complexity index is 358. The Hall–Kier alpha value is -0.730. The first-order valence-corrected chi connectivity index (χ1v) is 6.69. The summed E-state index contributed by atoms with van der Waals surface area (Å²) in [5, 5.41) is 3.30. The van der Waals surface area contributed by atoms with E-state index in [1.165, 1.54) is 21.6 Å². The number of thioether (sulfide) groups is 1. The molecule has 0 heterocycles. The van der Waals surface area contributed by atoms with Crippen LogP contribution in [0.5, 0.6) is 0 Å². The van der Waals surface area contributed by atoms with Crippen LogP contribution in [-0.4, -0.2) is 18.8 Å². The molecule has 0 aliphatic heterocycles. The van der Waals surface area contributed by atoms with Crippen LogP contribution >= 0.6 is 11.8 Å². The average molecular weight is 235 g/mol. The monoisotopic (exact) mass is 235 g/mol. The molecule has 1 aromatic rings. The Balaban J connectivity index is 2.47. The summed E-state index contributed by atoms with van der Waals surface area (Å²) in [6.45, 7) is 12.4. The lowest BCUT2D eigenvalue weighted by Gasteiger charge is -2.09. The number of aryl methyl sites for hydroxylation is 2. The van der Waals surface area contributed by atoms with Crippen molar-refractivity contribution in [1.29, 1.82) is 0 Å². The van der Waals surface area contributed by atoms with E-state index in [9.17, 15) is 0 Å². The Morgan fingerprint density at radius 2 is 2.12 bits per heavy atom. The predicted octanol–water partition coefficient (Wildman–Crippen LogP) is 3.56. The van der Waals surface area contributed by atoms with Crippen molar-refractivity contribution in [2.75, 3.05) is 18.8 Å². The second-order valence-electron chi connectivity index (χ2n) is 4.09. The van der Waals surface area contributed by atoms with Crippen molar-refractivity contribution in [2.24, 2.45) is 0 Å². The molecule has 0 amide bonds. The Morgan fingerprint density at radius 1 is 1.38 bits per heavy atom.